The van der Waals surface area contributed by atoms with E-state index in [1.165, 1.54) is 19.4 Å². The number of methoxy groups -OCH3 is 1. The number of benzene rings is 1. The van der Waals surface area contributed by atoms with Crippen molar-refractivity contribution in [1.82, 2.24) is 25.4 Å². The minimum Gasteiger partial charge on any atom is -0.383 e. The van der Waals surface area contributed by atoms with Crippen molar-refractivity contribution in [3.05, 3.63) is 77.8 Å². The number of carbonyl (C=O) groups excluding carboxylic acids is 3. The number of rotatable bonds is 9. The van der Waals surface area contributed by atoms with Crippen LogP contribution in [0, 0.1) is 17.6 Å². The van der Waals surface area contributed by atoms with Gasteiger partial charge in [0.1, 0.15) is 0 Å². The molecule has 1 fully saturated rings. The van der Waals surface area contributed by atoms with Gasteiger partial charge in [0.2, 0.25) is 5.91 Å². The van der Waals surface area contributed by atoms with Crippen LogP contribution >= 0.6 is 0 Å². The summed E-state index contributed by atoms with van der Waals surface area (Å²) in [6.45, 7) is 0.949. The third kappa shape index (κ3) is 6.58. The summed E-state index contributed by atoms with van der Waals surface area (Å²) in [5.41, 5.74) is 7.23. The Kier molecular flexibility index (Phi) is 9.20. The van der Waals surface area contributed by atoms with Crippen LogP contribution in [0.25, 0.3) is 0 Å². The third-order valence-corrected chi connectivity index (χ3v) is 7.17. The van der Waals surface area contributed by atoms with Gasteiger partial charge in [-0.05, 0) is 61.8 Å². The summed E-state index contributed by atoms with van der Waals surface area (Å²) in [6.07, 6.45) is 6.19. The SMILES string of the molecule is COCC(NC(=O)N1CC=CNC1=O)C(C(N)=O)C(c1ccc(F)c(F)c1)N1CCC(c2ccccn2)CC1. The first-order valence-electron chi connectivity index (χ1n) is 12.7. The van der Waals surface area contributed by atoms with Gasteiger partial charge in [-0.2, -0.15) is 0 Å². The fourth-order valence-electron chi connectivity index (χ4n) is 5.28. The van der Waals surface area contributed by atoms with Crippen LogP contribution in [0.15, 0.2) is 54.9 Å². The second-order valence-electron chi connectivity index (χ2n) is 9.59. The van der Waals surface area contributed by atoms with Gasteiger partial charge < -0.3 is 21.1 Å². The van der Waals surface area contributed by atoms with Crippen LogP contribution in [0.2, 0.25) is 0 Å². The molecule has 5 amide bonds. The largest absolute Gasteiger partial charge is 0.383 e. The molecule has 1 saturated heterocycles. The van der Waals surface area contributed by atoms with Gasteiger partial charge in [0, 0.05) is 37.2 Å². The normalized spacial score (nSPS) is 18.7. The van der Waals surface area contributed by atoms with E-state index in [4.69, 9.17) is 10.5 Å². The Bertz CT molecular complexity index is 1210. The number of pyridine rings is 1. The van der Waals surface area contributed by atoms with Crippen molar-refractivity contribution < 1.29 is 27.9 Å². The van der Waals surface area contributed by atoms with E-state index in [0.717, 1.165) is 22.7 Å². The summed E-state index contributed by atoms with van der Waals surface area (Å²) in [4.78, 5) is 45.7. The highest BCUT2D eigenvalue weighted by molar-refractivity contribution is 5.95. The fraction of sp³-hybridized carbons (Fsp3) is 0.407. The predicted molar refractivity (Wildman–Crippen MR) is 138 cm³/mol. The molecule has 0 aliphatic carbocycles. The molecule has 3 unspecified atom stereocenters. The molecule has 208 valence electrons. The number of nitrogens with two attached hydrogens (primary N) is 1. The van der Waals surface area contributed by atoms with Crippen LogP contribution in [0.5, 0.6) is 0 Å². The van der Waals surface area contributed by atoms with E-state index in [2.05, 4.69) is 15.6 Å². The van der Waals surface area contributed by atoms with Gasteiger partial charge in [-0.25, -0.2) is 23.3 Å². The number of piperidine rings is 1. The molecule has 39 heavy (non-hydrogen) atoms. The Morgan fingerprint density at radius 3 is 2.59 bits per heavy atom. The van der Waals surface area contributed by atoms with Crippen molar-refractivity contribution in [2.24, 2.45) is 11.7 Å². The molecule has 0 bridgehead atoms. The highest BCUT2D eigenvalue weighted by Gasteiger charge is 2.42. The molecule has 4 rings (SSSR count). The van der Waals surface area contributed by atoms with Crippen LogP contribution < -0.4 is 16.4 Å². The number of urea groups is 2. The maximum atomic E-state index is 14.4. The number of carbonyl (C=O) groups is 3. The number of primary amides is 1. The summed E-state index contributed by atoms with van der Waals surface area (Å²) in [6, 6.07) is 6.05. The van der Waals surface area contributed by atoms with Crippen molar-refractivity contribution >= 4 is 18.0 Å². The van der Waals surface area contributed by atoms with Gasteiger partial charge in [-0.1, -0.05) is 12.1 Å². The number of hydrogen-bond donors (Lipinski definition) is 3. The van der Waals surface area contributed by atoms with Crippen molar-refractivity contribution in [3.63, 3.8) is 0 Å². The van der Waals surface area contributed by atoms with Gasteiger partial charge in [0.05, 0.1) is 25.1 Å². The van der Waals surface area contributed by atoms with Crippen molar-refractivity contribution in [3.8, 4) is 0 Å². The first-order valence-corrected chi connectivity index (χ1v) is 12.7. The molecule has 2 aliphatic rings. The van der Waals surface area contributed by atoms with Gasteiger partial charge in [-0.3, -0.25) is 14.7 Å². The zero-order valence-corrected chi connectivity index (χ0v) is 21.6. The monoisotopic (exact) mass is 542 g/mol. The van der Waals surface area contributed by atoms with Crippen LogP contribution in [0.3, 0.4) is 0 Å². The lowest BCUT2D eigenvalue weighted by Gasteiger charge is -2.43. The highest BCUT2D eigenvalue weighted by atomic mass is 19.2. The molecular weight excluding hydrogens is 510 g/mol. The summed E-state index contributed by atoms with van der Waals surface area (Å²) in [5.74, 6) is -3.75. The Morgan fingerprint density at radius 1 is 1.21 bits per heavy atom. The second kappa shape index (κ2) is 12.8. The van der Waals surface area contributed by atoms with Gasteiger partial charge in [0.15, 0.2) is 11.6 Å². The molecule has 2 aromatic rings. The van der Waals surface area contributed by atoms with E-state index in [1.807, 2.05) is 23.1 Å². The minimum atomic E-state index is -1.10. The number of halogens is 2. The molecule has 0 radical (unpaired) electrons. The maximum Gasteiger partial charge on any atom is 0.329 e. The standard InChI is InChI=1S/C27H32F2N6O4/c1-39-16-22(33-27(38)35-12-4-11-32-26(35)37)23(25(30)36)24(18-6-7-19(28)20(29)15-18)34-13-8-17(9-14-34)21-5-2-3-10-31-21/h2-7,10-11,15,17,22-24H,8-9,12-14,16H2,1H3,(H2,30,36)(H,32,37)(H,33,38). The second-order valence-corrected chi connectivity index (χ2v) is 9.59. The zero-order valence-electron chi connectivity index (χ0n) is 21.6. The quantitative estimate of drug-likeness (QED) is 0.447. The summed E-state index contributed by atoms with van der Waals surface area (Å²) >= 11 is 0. The number of amides is 5. The van der Waals surface area contributed by atoms with E-state index in [-0.39, 0.29) is 19.1 Å². The van der Waals surface area contributed by atoms with Gasteiger partial charge in [-0.15, -0.1) is 0 Å². The lowest BCUT2D eigenvalue weighted by molar-refractivity contribution is -0.126. The molecule has 2 aliphatic heterocycles. The minimum absolute atomic E-state index is 0.0340. The van der Waals surface area contributed by atoms with Crippen molar-refractivity contribution in [2.45, 2.75) is 30.8 Å². The van der Waals surface area contributed by atoms with Crippen molar-refractivity contribution in [1.29, 1.82) is 0 Å². The molecule has 1 aromatic carbocycles. The van der Waals surface area contributed by atoms with E-state index >= 15 is 0 Å². The molecule has 10 nitrogen and oxygen atoms in total. The number of nitrogens with zero attached hydrogens (tertiary/aromatic N) is 3. The third-order valence-electron chi connectivity index (χ3n) is 7.17. The lowest BCUT2D eigenvalue weighted by atomic mass is 9.83. The predicted octanol–water partition coefficient (Wildman–Crippen LogP) is 2.65. The van der Waals surface area contributed by atoms with E-state index in [0.29, 0.717) is 31.5 Å². The Morgan fingerprint density at radius 2 is 1.97 bits per heavy atom. The Balaban J connectivity index is 1.65. The van der Waals surface area contributed by atoms with Crippen LogP contribution in [-0.4, -0.2) is 72.1 Å². The molecule has 0 saturated carbocycles. The van der Waals surface area contributed by atoms with E-state index in [1.54, 1.807) is 12.3 Å². The topological polar surface area (TPSA) is 130 Å². The first-order chi connectivity index (χ1) is 18.8. The molecule has 12 heteroatoms. The molecule has 4 N–H and O–H groups in total. The maximum absolute atomic E-state index is 14.4. The molecule has 3 atom stereocenters. The fourth-order valence-corrected chi connectivity index (χ4v) is 5.28. The number of imide groups is 1. The van der Waals surface area contributed by atoms with Crippen LogP contribution in [0.4, 0.5) is 18.4 Å². The number of ether oxygens (including phenoxy) is 1. The van der Waals surface area contributed by atoms with Crippen LogP contribution in [0.1, 0.15) is 36.1 Å². The average Bonchev–Trinajstić information content (AvgIpc) is 2.94. The number of nitrogens with one attached hydrogen (secondary N) is 2. The Labute approximate surface area is 225 Å². The Hall–Kier alpha value is -3.90. The van der Waals surface area contributed by atoms with E-state index < -0.39 is 47.6 Å². The highest BCUT2D eigenvalue weighted by Crippen LogP contribution is 2.37. The van der Waals surface area contributed by atoms with Gasteiger partial charge in [0.25, 0.3) is 0 Å². The smallest absolute Gasteiger partial charge is 0.329 e. The average molecular weight is 543 g/mol. The number of likely N-dealkylation sites (tertiary alicyclic amines) is 1. The summed E-state index contributed by atoms with van der Waals surface area (Å²) < 4.78 is 33.6. The summed E-state index contributed by atoms with van der Waals surface area (Å²) in [7, 11) is 1.40. The molecular formula is C27H32F2N6O4. The zero-order chi connectivity index (χ0) is 27.9. The summed E-state index contributed by atoms with van der Waals surface area (Å²) in [5, 5.41) is 5.14. The molecule has 1 aromatic heterocycles. The van der Waals surface area contributed by atoms with Crippen molar-refractivity contribution in [2.75, 3.05) is 33.4 Å². The van der Waals surface area contributed by atoms with Crippen LogP contribution in [-0.2, 0) is 9.53 Å². The number of aromatic nitrogens is 1. The molecule has 0 spiro atoms. The lowest BCUT2D eigenvalue weighted by Crippen LogP contribution is -2.58. The first kappa shape index (κ1) is 28.1. The van der Waals surface area contributed by atoms with E-state index in [9.17, 15) is 23.2 Å². The number of hydrogen-bond acceptors (Lipinski definition) is 6. The van der Waals surface area contributed by atoms with Gasteiger partial charge >= 0.3 is 12.1 Å². The molecule has 3 heterocycles.